The van der Waals surface area contributed by atoms with E-state index in [0.717, 1.165) is 34.7 Å². The van der Waals surface area contributed by atoms with Crippen LogP contribution in [0.1, 0.15) is 43.7 Å². The number of para-hydroxylation sites is 1. The standard InChI is InChI=1S/C23H25NO3S/c25-22(15-27-23(26)14-17-8-4-5-9-17)24-19-12-6-7-13-21(19)28-16-20(24)18-10-2-1-3-11-18/h1-3,6-7,10-13,17,20H,4-5,8-9,14-16H2/t20-/m1/s1. The van der Waals surface area contributed by atoms with Gasteiger partial charge in [-0.05, 0) is 36.5 Å². The third-order valence-electron chi connectivity index (χ3n) is 5.57. The lowest BCUT2D eigenvalue weighted by Gasteiger charge is -2.37. The lowest BCUT2D eigenvalue weighted by Crippen LogP contribution is -2.41. The number of esters is 1. The van der Waals surface area contributed by atoms with Gasteiger partial charge in [-0.2, -0.15) is 0 Å². The Bertz CT molecular complexity index is 833. The molecule has 0 saturated heterocycles. The number of ether oxygens (including phenoxy) is 1. The molecule has 1 fully saturated rings. The summed E-state index contributed by atoms with van der Waals surface area (Å²) in [7, 11) is 0. The van der Waals surface area contributed by atoms with Gasteiger partial charge < -0.3 is 4.74 Å². The molecule has 28 heavy (non-hydrogen) atoms. The quantitative estimate of drug-likeness (QED) is 0.669. The Morgan fingerprint density at radius 2 is 1.71 bits per heavy atom. The van der Waals surface area contributed by atoms with E-state index in [-0.39, 0.29) is 24.5 Å². The summed E-state index contributed by atoms with van der Waals surface area (Å²) in [4.78, 5) is 28.2. The highest BCUT2D eigenvalue weighted by Crippen LogP contribution is 2.43. The van der Waals surface area contributed by atoms with Crippen molar-refractivity contribution < 1.29 is 14.3 Å². The number of thioether (sulfide) groups is 1. The molecule has 0 bridgehead atoms. The first kappa shape index (κ1) is 19.1. The number of carbonyl (C=O) groups excluding carboxylic acids is 2. The predicted octanol–water partition coefficient (Wildman–Crippen LogP) is 4.99. The van der Waals surface area contributed by atoms with E-state index in [1.54, 1.807) is 11.8 Å². The van der Waals surface area contributed by atoms with Gasteiger partial charge in [0.15, 0.2) is 6.61 Å². The highest BCUT2D eigenvalue weighted by Gasteiger charge is 2.33. The molecule has 1 atom stereocenters. The Morgan fingerprint density at radius 1 is 1.00 bits per heavy atom. The molecule has 2 aromatic carbocycles. The molecule has 0 radical (unpaired) electrons. The summed E-state index contributed by atoms with van der Waals surface area (Å²) >= 11 is 1.76. The molecule has 1 heterocycles. The molecule has 1 aliphatic heterocycles. The van der Waals surface area contributed by atoms with E-state index in [9.17, 15) is 9.59 Å². The minimum Gasteiger partial charge on any atom is -0.456 e. The Hall–Kier alpha value is -2.27. The third kappa shape index (κ3) is 4.25. The van der Waals surface area contributed by atoms with Gasteiger partial charge >= 0.3 is 5.97 Å². The van der Waals surface area contributed by atoms with Crippen molar-refractivity contribution in [3.05, 3.63) is 60.2 Å². The number of rotatable bonds is 5. The molecule has 5 heteroatoms. The molecular weight excluding hydrogens is 370 g/mol. The van der Waals surface area contributed by atoms with Gasteiger partial charge in [0.25, 0.3) is 5.91 Å². The van der Waals surface area contributed by atoms with Crippen molar-refractivity contribution in [2.24, 2.45) is 5.92 Å². The van der Waals surface area contributed by atoms with Crippen LogP contribution in [0.4, 0.5) is 5.69 Å². The zero-order chi connectivity index (χ0) is 19.3. The van der Waals surface area contributed by atoms with Gasteiger partial charge in [-0.25, -0.2) is 0 Å². The van der Waals surface area contributed by atoms with Gasteiger partial charge in [0.2, 0.25) is 0 Å². The Balaban J connectivity index is 1.49. The fourth-order valence-electron chi connectivity index (χ4n) is 4.14. The van der Waals surface area contributed by atoms with E-state index in [1.807, 2.05) is 59.5 Å². The minimum atomic E-state index is -0.254. The summed E-state index contributed by atoms with van der Waals surface area (Å²) in [5.41, 5.74) is 1.99. The lowest BCUT2D eigenvalue weighted by atomic mass is 10.0. The van der Waals surface area contributed by atoms with Crippen LogP contribution in [0.15, 0.2) is 59.5 Å². The molecule has 1 aliphatic carbocycles. The second-order valence-electron chi connectivity index (χ2n) is 7.48. The van der Waals surface area contributed by atoms with Crippen molar-refractivity contribution in [3.63, 3.8) is 0 Å². The first-order chi connectivity index (χ1) is 13.7. The molecule has 146 valence electrons. The van der Waals surface area contributed by atoms with Crippen LogP contribution in [0.25, 0.3) is 0 Å². The van der Waals surface area contributed by atoms with Crippen LogP contribution in [-0.2, 0) is 14.3 Å². The summed E-state index contributed by atoms with van der Waals surface area (Å²) < 4.78 is 5.38. The van der Waals surface area contributed by atoms with Gasteiger partial charge in [-0.3, -0.25) is 14.5 Å². The Morgan fingerprint density at radius 3 is 2.50 bits per heavy atom. The van der Waals surface area contributed by atoms with Crippen molar-refractivity contribution in [2.75, 3.05) is 17.3 Å². The van der Waals surface area contributed by atoms with Crippen molar-refractivity contribution in [2.45, 2.75) is 43.0 Å². The zero-order valence-corrected chi connectivity index (χ0v) is 16.7. The van der Waals surface area contributed by atoms with Crippen LogP contribution in [0, 0.1) is 5.92 Å². The van der Waals surface area contributed by atoms with E-state index in [1.165, 1.54) is 12.8 Å². The molecule has 2 aromatic rings. The Kier molecular flexibility index (Phi) is 6.01. The first-order valence-corrected chi connectivity index (χ1v) is 11.0. The third-order valence-corrected chi connectivity index (χ3v) is 6.71. The average molecular weight is 396 g/mol. The minimum absolute atomic E-state index is 0.0675. The topological polar surface area (TPSA) is 46.6 Å². The van der Waals surface area contributed by atoms with Gasteiger partial charge in [0.1, 0.15) is 0 Å². The number of benzene rings is 2. The van der Waals surface area contributed by atoms with E-state index in [4.69, 9.17) is 4.74 Å². The maximum absolute atomic E-state index is 13.1. The summed E-state index contributed by atoms with van der Waals surface area (Å²) in [6.07, 6.45) is 5.00. The smallest absolute Gasteiger partial charge is 0.306 e. The molecule has 0 unspecified atom stereocenters. The summed E-state index contributed by atoms with van der Waals surface area (Å²) in [6, 6.07) is 17.9. The van der Waals surface area contributed by atoms with Crippen molar-refractivity contribution in [1.82, 2.24) is 0 Å². The highest BCUT2D eigenvalue weighted by molar-refractivity contribution is 7.99. The number of amides is 1. The van der Waals surface area contributed by atoms with Crippen LogP contribution in [0.3, 0.4) is 0 Å². The van der Waals surface area contributed by atoms with Crippen molar-refractivity contribution in [1.29, 1.82) is 0 Å². The number of nitrogens with zero attached hydrogens (tertiary/aromatic N) is 1. The molecule has 4 nitrogen and oxygen atoms in total. The molecule has 1 saturated carbocycles. The van der Waals surface area contributed by atoms with Gasteiger partial charge in [0, 0.05) is 17.1 Å². The fraction of sp³-hybridized carbons (Fsp3) is 0.391. The second-order valence-corrected chi connectivity index (χ2v) is 8.55. The molecule has 2 aliphatic rings. The van der Waals surface area contributed by atoms with Crippen LogP contribution in [0.5, 0.6) is 0 Å². The number of carbonyl (C=O) groups is 2. The molecule has 4 rings (SSSR count). The highest BCUT2D eigenvalue weighted by atomic mass is 32.2. The second kappa shape index (κ2) is 8.82. The number of hydrogen-bond donors (Lipinski definition) is 0. The fourth-order valence-corrected chi connectivity index (χ4v) is 5.31. The van der Waals surface area contributed by atoms with E-state index < -0.39 is 0 Å². The maximum Gasteiger partial charge on any atom is 0.306 e. The molecule has 0 aromatic heterocycles. The van der Waals surface area contributed by atoms with Gasteiger partial charge in [0.05, 0.1) is 11.7 Å². The SMILES string of the molecule is O=C(CC1CCCC1)OCC(=O)N1c2ccccc2SC[C@@H]1c1ccccc1. The number of hydrogen-bond acceptors (Lipinski definition) is 4. The summed E-state index contributed by atoms with van der Waals surface area (Å²) in [5, 5.41) is 0. The predicted molar refractivity (Wildman–Crippen MR) is 111 cm³/mol. The van der Waals surface area contributed by atoms with E-state index in [0.29, 0.717) is 12.3 Å². The number of fused-ring (bicyclic) bond motifs is 1. The van der Waals surface area contributed by atoms with Crippen LogP contribution < -0.4 is 4.90 Å². The van der Waals surface area contributed by atoms with Gasteiger partial charge in [-0.15, -0.1) is 11.8 Å². The van der Waals surface area contributed by atoms with Crippen LogP contribution in [0.2, 0.25) is 0 Å². The molecular formula is C23H25NO3S. The molecule has 0 N–H and O–H groups in total. The summed E-state index contributed by atoms with van der Waals surface area (Å²) in [6.45, 7) is -0.201. The zero-order valence-electron chi connectivity index (χ0n) is 15.9. The van der Waals surface area contributed by atoms with E-state index in [2.05, 4.69) is 0 Å². The van der Waals surface area contributed by atoms with Crippen LogP contribution in [-0.4, -0.2) is 24.2 Å². The monoisotopic (exact) mass is 395 g/mol. The molecule has 1 amide bonds. The van der Waals surface area contributed by atoms with E-state index >= 15 is 0 Å². The molecule has 0 spiro atoms. The van der Waals surface area contributed by atoms with Crippen molar-refractivity contribution in [3.8, 4) is 0 Å². The first-order valence-electron chi connectivity index (χ1n) is 9.97. The van der Waals surface area contributed by atoms with Gasteiger partial charge in [-0.1, -0.05) is 55.3 Å². The lowest BCUT2D eigenvalue weighted by molar-refractivity contribution is -0.148. The summed E-state index contributed by atoms with van der Waals surface area (Å²) in [5.74, 6) is 0.785. The number of anilines is 1. The largest absolute Gasteiger partial charge is 0.456 e. The van der Waals surface area contributed by atoms with Crippen LogP contribution >= 0.6 is 11.8 Å². The maximum atomic E-state index is 13.1. The average Bonchev–Trinajstić information content (AvgIpc) is 3.24. The Labute approximate surface area is 170 Å². The normalized spacial score (nSPS) is 19.3. The van der Waals surface area contributed by atoms with Crippen molar-refractivity contribution >= 4 is 29.3 Å².